The van der Waals surface area contributed by atoms with Crippen molar-refractivity contribution in [3.63, 3.8) is 0 Å². The first-order valence-corrected chi connectivity index (χ1v) is 19.9. The van der Waals surface area contributed by atoms with Gasteiger partial charge in [0.1, 0.15) is 29.9 Å². The van der Waals surface area contributed by atoms with E-state index in [0.29, 0.717) is 23.5 Å². The van der Waals surface area contributed by atoms with E-state index in [-0.39, 0.29) is 0 Å². The molecule has 1 heterocycles. The monoisotopic (exact) mass is 663 g/mol. The zero-order valence-corrected chi connectivity index (χ0v) is 30.7. The van der Waals surface area contributed by atoms with E-state index in [4.69, 9.17) is 9.47 Å². The highest BCUT2D eigenvalue weighted by atomic mass is 32.1. The second kappa shape index (κ2) is 16.2. The van der Waals surface area contributed by atoms with E-state index in [1.807, 2.05) is 0 Å². The molecule has 0 unspecified atom stereocenters. The Hall–Kier alpha value is -0.150. The maximum absolute atomic E-state index is 10.1. The molecule has 0 aromatic rings. The number of rotatable bonds is 15. The van der Waals surface area contributed by atoms with Crippen molar-refractivity contribution in [1.29, 1.82) is 0 Å². The normalized spacial score (nSPS) is 43.1. The Kier molecular flexibility index (Phi) is 13.1. The van der Waals surface area contributed by atoms with Crippen LogP contribution in [0.2, 0.25) is 0 Å². The van der Waals surface area contributed by atoms with E-state index >= 15 is 0 Å². The molecule has 4 aliphatic carbocycles. The topological polar surface area (TPSA) is 91.2 Å². The summed E-state index contributed by atoms with van der Waals surface area (Å²) in [4.78, 5) is 0. The number of nitrogens with one attached hydrogen (secondary N) is 1. The predicted octanol–water partition coefficient (Wildman–Crippen LogP) is 7.30. The first-order valence-electron chi connectivity index (χ1n) is 19.3. The standard InChI is InChI=1S/C39H69NO5S/c1-25(2)11-10-12-26(3)30-15-16-31-29-14-13-27-23-28(17-19-38(27,4)32(29)18-20-39(30,31)5)44-22-9-7-6-8-21-40-24-33-34(41)35(42)36(43)37(46)45-33/h13,25-26,28-37,40-43,46H,6-12,14-24H2,1-5H3/t26-,28+,29+,30-,31+,32+,33-,34-,35+,36+,37-,38+,39-/m1/s1. The van der Waals surface area contributed by atoms with Crippen molar-refractivity contribution >= 4 is 12.6 Å². The van der Waals surface area contributed by atoms with Crippen molar-refractivity contribution in [3.8, 4) is 0 Å². The molecule has 7 heteroatoms. The molecule has 6 nitrogen and oxygen atoms in total. The van der Waals surface area contributed by atoms with Gasteiger partial charge < -0.3 is 30.1 Å². The average Bonchev–Trinajstić information content (AvgIpc) is 3.38. The molecule has 4 fully saturated rings. The van der Waals surface area contributed by atoms with Crippen molar-refractivity contribution < 1.29 is 24.8 Å². The van der Waals surface area contributed by atoms with Gasteiger partial charge in [0.05, 0.1) is 6.10 Å². The molecule has 0 bridgehead atoms. The fourth-order valence-corrected chi connectivity index (χ4v) is 11.4. The first-order chi connectivity index (χ1) is 22.0. The molecule has 0 radical (unpaired) electrons. The Balaban J connectivity index is 0.996. The number of hydrogen-bond acceptors (Lipinski definition) is 7. The third-order valence-electron chi connectivity index (χ3n) is 13.9. The van der Waals surface area contributed by atoms with Crippen LogP contribution in [0.25, 0.3) is 0 Å². The maximum atomic E-state index is 10.1. The van der Waals surface area contributed by atoms with Crippen molar-refractivity contribution in [2.75, 3.05) is 19.7 Å². The zero-order chi connectivity index (χ0) is 33.1. The van der Waals surface area contributed by atoms with E-state index in [9.17, 15) is 15.3 Å². The van der Waals surface area contributed by atoms with Crippen LogP contribution in [-0.2, 0) is 9.47 Å². The van der Waals surface area contributed by atoms with Crippen molar-refractivity contribution in [3.05, 3.63) is 11.6 Å². The minimum atomic E-state index is -1.23. The molecule has 1 saturated heterocycles. The fraction of sp³-hybridized carbons (Fsp3) is 0.949. The third-order valence-corrected chi connectivity index (χ3v) is 14.3. The summed E-state index contributed by atoms with van der Waals surface area (Å²) in [6.07, 6.45) is 18.5. The number of hydrogen-bond donors (Lipinski definition) is 5. The second-order valence-corrected chi connectivity index (χ2v) is 17.7. The number of aliphatic hydroxyl groups excluding tert-OH is 3. The number of ether oxygens (including phenoxy) is 2. The predicted molar refractivity (Wildman–Crippen MR) is 190 cm³/mol. The number of allylic oxidation sites excluding steroid dienone is 1. The van der Waals surface area contributed by atoms with Crippen molar-refractivity contribution in [2.24, 2.45) is 46.3 Å². The molecule has 5 aliphatic rings. The summed E-state index contributed by atoms with van der Waals surface area (Å²) in [5, 5.41) is 33.2. The lowest BCUT2D eigenvalue weighted by Gasteiger charge is -2.58. The second-order valence-electron chi connectivity index (χ2n) is 17.2. The minimum Gasteiger partial charge on any atom is -0.388 e. The SMILES string of the molecule is CC(C)CCC[C@@H](C)[C@H]1CC[C@H]2[C@@H]3CC=C4C[C@@H](OCCCCCCNC[C@H]5O[C@H](S)[C@@H](O)[C@@H](O)[C@@H]5O)CC[C@]4(C)[C@H]3CC[C@]12C. The highest BCUT2D eigenvalue weighted by molar-refractivity contribution is 7.80. The molecule has 4 N–H and O–H groups in total. The van der Waals surface area contributed by atoms with Crippen LogP contribution in [0.4, 0.5) is 0 Å². The van der Waals surface area contributed by atoms with Crippen LogP contribution in [0, 0.1) is 46.3 Å². The number of unbranched alkanes of at least 4 members (excludes halogenated alkanes) is 3. The summed E-state index contributed by atoms with van der Waals surface area (Å²) >= 11 is 4.16. The largest absolute Gasteiger partial charge is 0.388 e. The Bertz CT molecular complexity index is 993. The van der Waals surface area contributed by atoms with Gasteiger partial charge in [-0.05, 0) is 117 Å². The van der Waals surface area contributed by atoms with Crippen LogP contribution >= 0.6 is 12.6 Å². The summed E-state index contributed by atoms with van der Waals surface area (Å²) < 4.78 is 12.0. The summed E-state index contributed by atoms with van der Waals surface area (Å²) in [7, 11) is 0. The summed E-state index contributed by atoms with van der Waals surface area (Å²) in [5.74, 6) is 5.34. The molecule has 1 aliphatic heterocycles. The van der Waals surface area contributed by atoms with Gasteiger partial charge in [0.2, 0.25) is 0 Å². The van der Waals surface area contributed by atoms with Gasteiger partial charge in [-0.3, -0.25) is 0 Å². The lowest BCUT2D eigenvalue weighted by atomic mass is 9.47. The number of fused-ring (bicyclic) bond motifs is 5. The Morgan fingerprint density at radius 2 is 1.70 bits per heavy atom. The van der Waals surface area contributed by atoms with Gasteiger partial charge in [-0.15, -0.1) is 12.6 Å². The number of aliphatic hydroxyl groups is 3. The summed E-state index contributed by atoms with van der Waals surface area (Å²) in [6, 6.07) is 0. The molecule has 0 amide bonds. The van der Waals surface area contributed by atoms with Gasteiger partial charge in [-0.2, -0.15) is 0 Å². The molecule has 0 aromatic heterocycles. The van der Waals surface area contributed by atoms with E-state index in [0.717, 1.165) is 80.8 Å². The van der Waals surface area contributed by atoms with Crippen LogP contribution in [0.3, 0.4) is 0 Å². The molecule has 5 rings (SSSR count). The summed E-state index contributed by atoms with van der Waals surface area (Å²) in [5.41, 5.74) is 1.90. The minimum absolute atomic E-state index is 0.389. The smallest absolute Gasteiger partial charge is 0.129 e. The van der Waals surface area contributed by atoms with Gasteiger partial charge in [0, 0.05) is 13.2 Å². The van der Waals surface area contributed by atoms with Gasteiger partial charge in [-0.1, -0.05) is 78.4 Å². The first kappa shape index (κ1) is 37.1. The fourth-order valence-electron chi connectivity index (χ4n) is 11.1. The molecule has 266 valence electrons. The van der Waals surface area contributed by atoms with Gasteiger partial charge >= 0.3 is 0 Å². The van der Waals surface area contributed by atoms with Gasteiger partial charge in [0.25, 0.3) is 0 Å². The highest BCUT2D eigenvalue weighted by Gasteiger charge is 2.59. The van der Waals surface area contributed by atoms with Crippen LogP contribution < -0.4 is 5.32 Å². The Morgan fingerprint density at radius 1 is 0.913 bits per heavy atom. The van der Waals surface area contributed by atoms with Crippen molar-refractivity contribution in [2.45, 2.75) is 167 Å². The zero-order valence-electron chi connectivity index (χ0n) is 29.8. The molecule has 0 spiro atoms. The Labute approximate surface area is 286 Å². The third kappa shape index (κ3) is 8.08. The lowest BCUT2D eigenvalue weighted by molar-refractivity contribution is -0.195. The quantitative estimate of drug-likeness (QED) is 0.0718. The number of thiol groups is 1. The molecular formula is C39H69NO5S. The molecule has 13 atom stereocenters. The Morgan fingerprint density at radius 3 is 2.48 bits per heavy atom. The van der Waals surface area contributed by atoms with Crippen LogP contribution in [0.1, 0.15) is 131 Å². The van der Waals surface area contributed by atoms with E-state index in [1.165, 1.54) is 64.2 Å². The average molecular weight is 664 g/mol. The molecule has 0 aromatic carbocycles. The van der Waals surface area contributed by atoms with E-state index < -0.39 is 29.9 Å². The maximum Gasteiger partial charge on any atom is 0.129 e. The van der Waals surface area contributed by atoms with Gasteiger partial charge in [0.15, 0.2) is 0 Å². The van der Waals surface area contributed by atoms with E-state index in [2.05, 4.69) is 58.6 Å². The van der Waals surface area contributed by atoms with E-state index in [1.54, 1.807) is 5.57 Å². The highest BCUT2D eigenvalue weighted by Crippen LogP contribution is 2.67. The van der Waals surface area contributed by atoms with Gasteiger partial charge in [-0.25, -0.2) is 0 Å². The summed E-state index contributed by atoms with van der Waals surface area (Å²) in [6.45, 7) is 14.8. The van der Waals surface area contributed by atoms with Crippen LogP contribution in [-0.4, -0.2) is 71.0 Å². The molecule has 46 heavy (non-hydrogen) atoms. The lowest BCUT2D eigenvalue weighted by Crippen LogP contribution is -2.58. The van der Waals surface area contributed by atoms with Crippen LogP contribution in [0.15, 0.2) is 11.6 Å². The van der Waals surface area contributed by atoms with Crippen LogP contribution in [0.5, 0.6) is 0 Å². The molecule has 3 saturated carbocycles. The van der Waals surface area contributed by atoms with Crippen molar-refractivity contribution in [1.82, 2.24) is 5.32 Å². The molecular weight excluding hydrogens is 594 g/mol.